The summed E-state index contributed by atoms with van der Waals surface area (Å²) in [5.41, 5.74) is 3.16. The van der Waals surface area contributed by atoms with Crippen LogP contribution in [0.3, 0.4) is 0 Å². The Morgan fingerprint density at radius 3 is 2.94 bits per heavy atom. The molecule has 3 rings (SSSR count). The molecule has 0 atom stereocenters. The van der Waals surface area contributed by atoms with E-state index in [1.807, 2.05) is 7.05 Å². The largest absolute Gasteiger partial charge is 0.348 e. The van der Waals surface area contributed by atoms with Crippen LogP contribution in [0.4, 0.5) is 9.18 Å². The molecule has 0 saturated carbocycles. The first-order valence-corrected chi connectivity index (χ1v) is 5.88. The van der Waals surface area contributed by atoms with Gasteiger partial charge in [-0.15, -0.1) is 0 Å². The van der Waals surface area contributed by atoms with Gasteiger partial charge in [0.2, 0.25) is 7.85 Å². The maximum atomic E-state index is 13.4. The molecule has 1 aromatic carbocycles. The summed E-state index contributed by atoms with van der Waals surface area (Å²) >= 11 is 0. The molecule has 0 bridgehead atoms. The fourth-order valence-corrected chi connectivity index (χ4v) is 2.74. The van der Waals surface area contributed by atoms with Crippen LogP contribution in [0.15, 0.2) is 18.2 Å². The number of rotatable bonds is 0. The Labute approximate surface area is 106 Å². The van der Waals surface area contributed by atoms with Gasteiger partial charge in [0.25, 0.3) is 0 Å². The second kappa shape index (κ2) is 3.87. The van der Waals surface area contributed by atoms with E-state index < -0.39 is 5.81 Å². The van der Waals surface area contributed by atoms with Crippen LogP contribution in [0.1, 0.15) is 11.3 Å². The number of carbonyl (C=O) groups is 1. The number of carbonyl (C=O) groups excluding carboxylic acids is 1. The number of benzene rings is 1. The monoisotopic (exact) mass is 242 g/mol. The number of amides is 1. The highest BCUT2D eigenvalue weighted by molar-refractivity contribution is 6.56. The van der Waals surface area contributed by atoms with Gasteiger partial charge in [0.15, 0.2) is 5.81 Å². The minimum Gasteiger partial charge on any atom is -0.348 e. The summed E-state index contributed by atoms with van der Waals surface area (Å²) in [5.74, 6) is -0.679. The summed E-state index contributed by atoms with van der Waals surface area (Å²) in [6, 6.07) is 4.76. The minimum atomic E-state index is -0.422. The van der Waals surface area contributed by atoms with Gasteiger partial charge in [-0.05, 0) is 18.2 Å². The molecule has 3 nitrogen and oxygen atoms in total. The molecule has 0 fully saturated rings. The van der Waals surface area contributed by atoms with Crippen molar-refractivity contribution in [1.29, 1.82) is 0 Å². The molecule has 2 aromatic rings. The molecule has 1 aliphatic rings. The molecule has 0 aliphatic carbocycles. The Morgan fingerprint density at radius 2 is 2.22 bits per heavy atom. The molecule has 90 valence electrons. The molecule has 0 saturated heterocycles. The van der Waals surface area contributed by atoms with Gasteiger partial charge in [-0.2, -0.15) is 0 Å². The fourth-order valence-electron chi connectivity index (χ4n) is 2.74. The molecule has 2 radical (unpaired) electrons. The summed E-state index contributed by atoms with van der Waals surface area (Å²) in [6.07, 6.45) is 0.755. The lowest BCUT2D eigenvalue weighted by Gasteiger charge is -2.27. The summed E-state index contributed by atoms with van der Waals surface area (Å²) in [5, 5.41) is 0.874. The first-order chi connectivity index (χ1) is 8.58. The van der Waals surface area contributed by atoms with Crippen molar-refractivity contribution in [2.75, 3.05) is 6.54 Å². The van der Waals surface area contributed by atoms with Gasteiger partial charge in [-0.3, -0.25) is 4.79 Å². The van der Waals surface area contributed by atoms with Crippen molar-refractivity contribution in [3.8, 4) is 0 Å². The molecule has 5 heteroatoms. The molecule has 0 N–H and O–H groups in total. The highest BCUT2D eigenvalue weighted by atomic mass is 19.1. The highest BCUT2D eigenvalue weighted by Crippen LogP contribution is 2.30. The third-order valence-corrected chi connectivity index (χ3v) is 3.68. The van der Waals surface area contributed by atoms with Gasteiger partial charge in [-0.1, -0.05) is 0 Å². The lowest BCUT2D eigenvalue weighted by atomic mass is 10.0. The van der Waals surface area contributed by atoms with Crippen molar-refractivity contribution in [3.63, 3.8) is 0 Å². The standard InChI is InChI=1S/C13H12BFN2O/c1-16-11-3-2-8(15)6-9(11)10-7-17(13(14)18)5-4-12(10)16/h2-3,6H,4-5,7H2,1H3. The van der Waals surface area contributed by atoms with Gasteiger partial charge < -0.3 is 9.47 Å². The van der Waals surface area contributed by atoms with Crippen LogP contribution in [-0.2, 0) is 20.0 Å². The van der Waals surface area contributed by atoms with Crippen LogP contribution in [-0.4, -0.2) is 29.7 Å². The van der Waals surface area contributed by atoms with Crippen molar-refractivity contribution in [2.24, 2.45) is 7.05 Å². The molecule has 2 heterocycles. The van der Waals surface area contributed by atoms with E-state index in [0.717, 1.165) is 28.6 Å². The van der Waals surface area contributed by atoms with Crippen molar-refractivity contribution in [2.45, 2.75) is 13.0 Å². The quantitative estimate of drug-likeness (QED) is 0.648. The third kappa shape index (κ3) is 1.54. The van der Waals surface area contributed by atoms with Crippen molar-refractivity contribution >= 4 is 24.6 Å². The topological polar surface area (TPSA) is 25.2 Å². The number of hydrogen-bond donors (Lipinski definition) is 0. The molecule has 18 heavy (non-hydrogen) atoms. The van der Waals surface area contributed by atoms with Crippen LogP contribution < -0.4 is 0 Å². The molecular formula is C13H12BFN2O. The third-order valence-electron chi connectivity index (χ3n) is 3.68. The van der Waals surface area contributed by atoms with Crippen molar-refractivity contribution < 1.29 is 9.18 Å². The first-order valence-electron chi connectivity index (χ1n) is 5.88. The highest BCUT2D eigenvalue weighted by Gasteiger charge is 2.23. The summed E-state index contributed by atoms with van der Waals surface area (Å²) in [7, 11) is 7.28. The predicted molar refractivity (Wildman–Crippen MR) is 68.1 cm³/mol. The number of fused-ring (bicyclic) bond motifs is 3. The molecular weight excluding hydrogens is 230 g/mol. The van der Waals surface area contributed by atoms with E-state index in [2.05, 4.69) is 4.57 Å². The smallest absolute Gasteiger partial charge is 0.200 e. The van der Waals surface area contributed by atoms with E-state index in [1.54, 1.807) is 11.0 Å². The zero-order chi connectivity index (χ0) is 12.9. The Balaban J connectivity index is 2.20. The second-order valence-corrected chi connectivity index (χ2v) is 4.66. The Morgan fingerprint density at radius 1 is 1.44 bits per heavy atom. The van der Waals surface area contributed by atoms with Gasteiger partial charge in [0.1, 0.15) is 5.82 Å². The zero-order valence-corrected chi connectivity index (χ0v) is 10.1. The lowest BCUT2D eigenvalue weighted by Crippen LogP contribution is -2.35. The van der Waals surface area contributed by atoms with Crippen LogP contribution in [0.2, 0.25) is 0 Å². The first kappa shape index (κ1) is 11.3. The molecule has 1 amide bonds. The minimum absolute atomic E-state index is 0.257. The number of halogens is 1. The van der Waals surface area contributed by atoms with E-state index in [9.17, 15) is 9.18 Å². The number of hydrogen-bond acceptors (Lipinski definition) is 1. The zero-order valence-electron chi connectivity index (χ0n) is 10.1. The molecule has 1 aliphatic heterocycles. The predicted octanol–water partition coefficient (Wildman–Crippen LogP) is 1.96. The number of aryl methyl sites for hydroxylation is 1. The summed E-state index contributed by atoms with van der Waals surface area (Å²) in [6.45, 7) is 1.08. The average Bonchev–Trinajstić information content (AvgIpc) is 2.62. The van der Waals surface area contributed by atoms with E-state index in [1.165, 1.54) is 12.1 Å². The number of aromatic nitrogens is 1. The van der Waals surface area contributed by atoms with Gasteiger partial charge in [-0.25, -0.2) is 4.39 Å². The SMILES string of the molecule is [B]C(=O)N1CCc2c(c3cc(F)ccc3n2C)C1. The molecule has 0 spiro atoms. The Bertz CT molecular complexity index is 650. The van der Waals surface area contributed by atoms with Crippen molar-refractivity contribution in [3.05, 3.63) is 35.3 Å². The van der Waals surface area contributed by atoms with Crippen molar-refractivity contribution in [1.82, 2.24) is 9.47 Å². The maximum absolute atomic E-state index is 13.4. The Hall–Kier alpha value is -1.78. The maximum Gasteiger partial charge on any atom is 0.200 e. The normalized spacial score (nSPS) is 14.9. The second-order valence-electron chi connectivity index (χ2n) is 4.66. The van der Waals surface area contributed by atoms with Crippen LogP contribution in [0.25, 0.3) is 10.9 Å². The van der Waals surface area contributed by atoms with Crippen LogP contribution in [0, 0.1) is 5.82 Å². The average molecular weight is 242 g/mol. The Kier molecular flexibility index (Phi) is 2.43. The van der Waals surface area contributed by atoms with E-state index in [-0.39, 0.29) is 5.82 Å². The van der Waals surface area contributed by atoms with Gasteiger partial charge in [0.05, 0.1) is 0 Å². The summed E-state index contributed by atoms with van der Waals surface area (Å²) < 4.78 is 15.4. The van der Waals surface area contributed by atoms with Gasteiger partial charge in [0, 0.05) is 48.7 Å². The fraction of sp³-hybridized carbons (Fsp3) is 0.308. The van der Waals surface area contributed by atoms with E-state index in [4.69, 9.17) is 7.85 Å². The van der Waals surface area contributed by atoms with Crippen LogP contribution >= 0.6 is 0 Å². The number of nitrogens with zero attached hydrogens (tertiary/aromatic N) is 2. The van der Waals surface area contributed by atoms with Crippen LogP contribution in [0.5, 0.6) is 0 Å². The van der Waals surface area contributed by atoms with E-state index in [0.29, 0.717) is 13.1 Å². The van der Waals surface area contributed by atoms with E-state index >= 15 is 0 Å². The molecule has 1 aromatic heterocycles. The summed E-state index contributed by atoms with van der Waals surface area (Å²) in [4.78, 5) is 12.8. The van der Waals surface area contributed by atoms with Gasteiger partial charge >= 0.3 is 0 Å². The molecule has 0 unspecified atom stereocenters. The lowest BCUT2D eigenvalue weighted by molar-refractivity contribution is 0.216.